The van der Waals surface area contributed by atoms with E-state index in [1.165, 1.54) is 26.4 Å². The van der Waals surface area contributed by atoms with Crippen LogP contribution in [0, 0.1) is 11.3 Å². The molecular formula is C21H22N2O6S. The molecule has 30 heavy (non-hydrogen) atoms. The number of carbonyl (C=O) groups excluding carboxylic acids is 2. The number of benzene rings is 1. The van der Waals surface area contributed by atoms with Crippen LogP contribution in [0.4, 0.5) is 0 Å². The largest absolute Gasteiger partial charge is 0.504 e. The predicted molar refractivity (Wildman–Crippen MR) is 112 cm³/mol. The van der Waals surface area contributed by atoms with E-state index in [0.29, 0.717) is 16.3 Å². The Morgan fingerprint density at radius 3 is 2.73 bits per heavy atom. The lowest BCUT2D eigenvalue weighted by molar-refractivity contribution is -0.138. The number of allylic oxidation sites excluding steroid dienone is 2. The lowest BCUT2D eigenvalue weighted by atomic mass is 9.82. The van der Waals surface area contributed by atoms with E-state index in [1.54, 1.807) is 19.1 Å². The van der Waals surface area contributed by atoms with Crippen LogP contribution in [0.15, 0.2) is 52.7 Å². The molecule has 1 aromatic rings. The van der Waals surface area contributed by atoms with Crippen molar-refractivity contribution in [2.24, 2.45) is 0 Å². The number of aromatic hydroxyl groups is 1. The van der Waals surface area contributed by atoms with E-state index in [4.69, 9.17) is 9.47 Å². The number of rotatable bonds is 8. The maximum atomic E-state index is 12.8. The highest BCUT2D eigenvalue weighted by atomic mass is 32.2. The number of nitriles is 1. The summed E-state index contributed by atoms with van der Waals surface area (Å²) in [4.78, 5) is 24.4. The van der Waals surface area contributed by atoms with Gasteiger partial charge in [0.15, 0.2) is 11.5 Å². The van der Waals surface area contributed by atoms with E-state index >= 15 is 0 Å². The normalized spacial score (nSPS) is 15.7. The fourth-order valence-electron chi connectivity index (χ4n) is 2.91. The first-order valence-corrected chi connectivity index (χ1v) is 9.83. The first-order valence-electron chi connectivity index (χ1n) is 8.84. The summed E-state index contributed by atoms with van der Waals surface area (Å²) < 4.78 is 15.1. The standard InChI is InChI=1S/C21H22N2O6S/c1-5-8-29-21(26)18-12(2)23-20(30-11-17(25)28-4)14(10-22)19(18)13-6-7-15(24)16(9-13)27-3/h5-7,9,19,23-24H,1,8,11H2,2-4H3/t19-/m1/s1. The SMILES string of the molecule is C=CCOC(=O)C1=C(C)NC(SCC(=O)OC)=C(C#N)[C@H]1c1ccc(O)c(OC)c1. The summed E-state index contributed by atoms with van der Waals surface area (Å²) in [5, 5.41) is 23.3. The first-order chi connectivity index (χ1) is 14.4. The van der Waals surface area contributed by atoms with Gasteiger partial charge in [-0.25, -0.2) is 4.79 Å². The van der Waals surface area contributed by atoms with Gasteiger partial charge in [0.2, 0.25) is 0 Å². The molecular weight excluding hydrogens is 408 g/mol. The van der Waals surface area contributed by atoms with E-state index in [0.717, 1.165) is 11.8 Å². The summed E-state index contributed by atoms with van der Waals surface area (Å²) in [7, 11) is 2.68. The van der Waals surface area contributed by atoms with Gasteiger partial charge < -0.3 is 24.6 Å². The van der Waals surface area contributed by atoms with Crippen molar-refractivity contribution in [2.75, 3.05) is 26.6 Å². The molecule has 0 spiro atoms. The lowest BCUT2D eigenvalue weighted by Gasteiger charge is -2.29. The molecule has 0 aromatic heterocycles. The fourth-order valence-corrected chi connectivity index (χ4v) is 3.83. The quantitative estimate of drug-likeness (QED) is 0.474. The van der Waals surface area contributed by atoms with E-state index in [9.17, 15) is 20.0 Å². The van der Waals surface area contributed by atoms with Crippen LogP contribution in [0.1, 0.15) is 18.4 Å². The van der Waals surface area contributed by atoms with Crippen molar-refractivity contribution in [1.82, 2.24) is 5.32 Å². The summed E-state index contributed by atoms with van der Waals surface area (Å²) in [5.41, 5.74) is 1.49. The molecule has 1 aliphatic heterocycles. The maximum Gasteiger partial charge on any atom is 0.337 e. The molecule has 0 saturated carbocycles. The second kappa shape index (κ2) is 10.4. The Morgan fingerprint density at radius 2 is 2.13 bits per heavy atom. The minimum Gasteiger partial charge on any atom is -0.504 e. The highest BCUT2D eigenvalue weighted by Crippen LogP contribution is 2.43. The van der Waals surface area contributed by atoms with E-state index in [1.807, 2.05) is 0 Å². The van der Waals surface area contributed by atoms with Crippen LogP contribution >= 0.6 is 11.8 Å². The number of ether oxygens (including phenoxy) is 3. The minimum absolute atomic E-state index is 0.0107. The van der Waals surface area contributed by atoms with Crippen LogP contribution in [0.3, 0.4) is 0 Å². The summed E-state index contributed by atoms with van der Waals surface area (Å²) in [6, 6.07) is 6.72. The van der Waals surface area contributed by atoms with E-state index < -0.39 is 17.9 Å². The van der Waals surface area contributed by atoms with Crippen molar-refractivity contribution in [3.63, 3.8) is 0 Å². The average molecular weight is 430 g/mol. The smallest absolute Gasteiger partial charge is 0.337 e. The number of thioether (sulfide) groups is 1. The minimum atomic E-state index is -0.789. The van der Waals surface area contributed by atoms with Crippen molar-refractivity contribution in [3.8, 4) is 17.6 Å². The van der Waals surface area contributed by atoms with Gasteiger partial charge in [0, 0.05) is 5.70 Å². The molecule has 0 fully saturated rings. The molecule has 0 aliphatic carbocycles. The second-order valence-corrected chi connectivity index (χ2v) is 7.12. The summed E-state index contributed by atoms with van der Waals surface area (Å²) in [6.07, 6.45) is 1.45. The van der Waals surface area contributed by atoms with E-state index in [2.05, 4.69) is 22.7 Å². The number of phenolic OH excluding ortho intramolecular Hbond substituents is 1. The third kappa shape index (κ3) is 4.96. The van der Waals surface area contributed by atoms with Crippen molar-refractivity contribution in [2.45, 2.75) is 12.8 Å². The van der Waals surface area contributed by atoms with Gasteiger partial charge in [-0.1, -0.05) is 30.5 Å². The van der Waals surface area contributed by atoms with Gasteiger partial charge in [-0.2, -0.15) is 5.26 Å². The Balaban J connectivity index is 2.60. The second-order valence-electron chi connectivity index (χ2n) is 6.13. The zero-order chi connectivity index (χ0) is 22.3. The summed E-state index contributed by atoms with van der Waals surface area (Å²) in [5.74, 6) is -1.74. The molecule has 2 N–H and O–H groups in total. The molecule has 2 rings (SSSR count). The number of nitrogens with one attached hydrogen (secondary N) is 1. The van der Waals surface area contributed by atoms with Crippen LogP contribution in [0.5, 0.6) is 11.5 Å². The van der Waals surface area contributed by atoms with Crippen molar-refractivity contribution < 1.29 is 28.9 Å². The molecule has 9 heteroatoms. The first kappa shape index (κ1) is 22.9. The van der Waals surface area contributed by atoms with Crippen LogP contribution in [0.25, 0.3) is 0 Å². The van der Waals surface area contributed by atoms with Gasteiger partial charge in [0.25, 0.3) is 0 Å². The number of carbonyl (C=O) groups is 2. The monoisotopic (exact) mass is 430 g/mol. The molecule has 0 amide bonds. The molecule has 0 radical (unpaired) electrons. The van der Waals surface area contributed by atoms with Crippen LogP contribution in [-0.4, -0.2) is 43.6 Å². The zero-order valence-electron chi connectivity index (χ0n) is 16.9. The zero-order valence-corrected chi connectivity index (χ0v) is 17.7. The fraction of sp³-hybridized carbons (Fsp3) is 0.286. The number of methoxy groups -OCH3 is 2. The number of hydrogen-bond donors (Lipinski definition) is 2. The maximum absolute atomic E-state index is 12.8. The highest BCUT2D eigenvalue weighted by molar-refractivity contribution is 8.03. The molecule has 158 valence electrons. The van der Waals surface area contributed by atoms with Gasteiger partial charge >= 0.3 is 11.9 Å². The average Bonchev–Trinajstić information content (AvgIpc) is 2.75. The Labute approximate surface area is 178 Å². The number of esters is 2. The molecule has 0 unspecified atom stereocenters. The Kier molecular flexibility index (Phi) is 7.95. The van der Waals surface area contributed by atoms with Crippen molar-refractivity contribution in [3.05, 3.63) is 58.3 Å². The number of hydrogen-bond acceptors (Lipinski definition) is 9. The van der Waals surface area contributed by atoms with Crippen molar-refractivity contribution in [1.29, 1.82) is 5.26 Å². The third-order valence-electron chi connectivity index (χ3n) is 4.30. The van der Waals surface area contributed by atoms with Crippen LogP contribution in [-0.2, 0) is 19.1 Å². The van der Waals surface area contributed by atoms with Gasteiger partial charge in [0.1, 0.15) is 6.61 Å². The van der Waals surface area contributed by atoms with Gasteiger partial charge in [-0.05, 0) is 24.6 Å². The molecule has 1 atom stereocenters. The molecule has 8 nitrogen and oxygen atoms in total. The number of phenols is 1. The number of nitrogens with zero attached hydrogens (tertiary/aromatic N) is 1. The van der Waals surface area contributed by atoms with Crippen LogP contribution < -0.4 is 10.1 Å². The van der Waals surface area contributed by atoms with Gasteiger partial charge in [-0.3, -0.25) is 4.79 Å². The molecule has 1 heterocycles. The Bertz CT molecular complexity index is 961. The third-order valence-corrected chi connectivity index (χ3v) is 5.29. The predicted octanol–water partition coefficient (Wildman–Crippen LogP) is 2.73. The molecule has 1 aromatic carbocycles. The summed E-state index contributed by atoms with van der Waals surface area (Å²) in [6.45, 7) is 5.23. The van der Waals surface area contributed by atoms with Gasteiger partial charge in [0.05, 0.1) is 48.1 Å². The molecule has 1 aliphatic rings. The van der Waals surface area contributed by atoms with E-state index in [-0.39, 0.29) is 35.0 Å². The van der Waals surface area contributed by atoms with Gasteiger partial charge in [-0.15, -0.1) is 0 Å². The van der Waals surface area contributed by atoms with Crippen molar-refractivity contribution >= 4 is 23.7 Å². The molecule has 0 bridgehead atoms. The lowest BCUT2D eigenvalue weighted by Crippen LogP contribution is -2.29. The number of dihydropyridines is 1. The topological polar surface area (TPSA) is 118 Å². The summed E-state index contributed by atoms with van der Waals surface area (Å²) >= 11 is 1.10. The van der Waals surface area contributed by atoms with Crippen LogP contribution in [0.2, 0.25) is 0 Å². The highest BCUT2D eigenvalue weighted by Gasteiger charge is 2.36. The Hall–Kier alpha value is -3.38. The molecule has 0 saturated heterocycles. The Morgan fingerprint density at radius 1 is 1.40 bits per heavy atom.